The van der Waals surface area contributed by atoms with Gasteiger partial charge in [-0.15, -0.1) is 0 Å². The van der Waals surface area contributed by atoms with Gasteiger partial charge in [-0.05, 0) is 79.1 Å². The van der Waals surface area contributed by atoms with Gasteiger partial charge in [-0.1, -0.05) is 27.5 Å². The second-order valence-electron chi connectivity index (χ2n) is 8.36. The van der Waals surface area contributed by atoms with Crippen molar-refractivity contribution >= 4 is 62.8 Å². The van der Waals surface area contributed by atoms with E-state index in [4.69, 9.17) is 21.1 Å². The van der Waals surface area contributed by atoms with E-state index in [1.807, 2.05) is 0 Å². The number of urea groups is 1. The largest absolute Gasteiger partial charge is 0.490 e. The predicted molar refractivity (Wildman–Crippen MR) is 148 cm³/mol. The molecule has 1 N–H and O–H groups in total. The first-order valence-corrected chi connectivity index (χ1v) is 12.8. The number of carbonyl (C=O) groups excluding carboxylic acids is 3. The van der Waals surface area contributed by atoms with Crippen LogP contribution in [0.2, 0.25) is 5.02 Å². The molecular weight excluding hydrogens is 594 g/mol. The lowest BCUT2D eigenvalue weighted by molar-refractivity contribution is -0.384. The maximum atomic E-state index is 13.3. The molecule has 0 saturated carbocycles. The fourth-order valence-corrected chi connectivity index (χ4v) is 4.61. The molecule has 0 aliphatic carbocycles. The molecule has 1 aliphatic heterocycles. The SMILES string of the molecule is CCOc1cc(/C=C2/C(=O)NC(=O)N(c3ccc(Br)cc3C)C2=O)cc(Cl)c1OCc1ccc([N+](=O)[O-])cc1. The zero-order chi connectivity index (χ0) is 28.3. The number of nitrogens with zero attached hydrogens (tertiary/aromatic N) is 2. The summed E-state index contributed by atoms with van der Waals surface area (Å²) in [5.41, 5.74) is 1.71. The van der Waals surface area contributed by atoms with E-state index >= 15 is 0 Å². The fourth-order valence-electron chi connectivity index (χ4n) is 3.86. The molecule has 1 aliphatic rings. The summed E-state index contributed by atoms with van der Waals surface area (Å²) in [6.45, 7) is 3.84. The number of carbonyl (C=O) groups is 3. The molecule has 0 aromatic heterocycles. The van der Waals surface area contributed by atoms with Crippen LogP contribution in [0.15, 0.2) is 64.6 Å². The second kappa shape index (κ2) is 11.7. The van der Waals surface area contributed by atoms with Crippen LogP contribution in [-0.4, -0.2) is 29.4 Å². The first-order valence-electron chi connectivity index (χ1n) is 11.6. The van der Waals surface area contributed by atoms with Crippen LogP contribution in [0.3, 0.4) is 0 Å². The Morgan fingerprint density at radius 1 is 1.08 bits per heavy atom. The Hall–Kier alpha value is -4.22. The van der Waals surface area contributed by atoms with Crippen LogP contribution in [-0.2, 0) is 16.2 Å². The van der Waals surface area contributed by atoms with Crippen LogP contribution in [0.4, 0.5) is 16.2 Å². The molecule has 39 heavy (non-hydrogen) atoms. The van der Waals surface area contributed by atoms with Crippen LogP contribution < -0.4 is 19.7 Å². The third-order valence-electron chi connectivity index (χ3n) is 5.67. The van der Waals surface area contributed by atoms with E-state index in [1.54, 1.807) is 50.2 Å². The number of imide groups is 2. The normalized spacial score (nSPS) is 14.4. The highest BCUT2D eigenvalue weighted by Gasteiger charge is 2.37. The molecule has 4 amide bonds. The number of anilines is 1. The number of non-ortho nitro benzene ring substituents is 1. The molecule has 1 fully saturated rings. The van der Waals surface area contributed by atoms with Crippen LogP contribution in [0, 0.1) is 17.0 Å². The van der Waals surface area contributed by atoms with Crippen molar-refractivity contribution in [3.63, 3.8) is 0 Å². The number of halogens is 2. The number of nitrogens with one attached hydrogen (secondary N) is 1. The van der Waals surface area contributed by atoms with Crippen molar-refractivity contribution in [1.29, 1.82) is 0 Å². The van der Waals surface area contributed by atoms with Crippen molar-refractivity contribution in [1.82, 2.24) is 5.32 Å². The van der Waals surface area contributed by atoms with Gasteiger partial charge in [0.15, 0.2) is 11.5 Å². The lowest BCUT2D eigenvalue weighted by Crippen LogP contribution is -2.54. The Morgan fingerprint density at radius 3 is 2.44 bits per heavy atom. The maximum absolute atomic E-state index is 13.3. The van der Waals surface area contributed by atoms with Crippen molar-refractivity contribution in [2.75, 3.05) is 11.5 Å². The van der Waals surface area contributed by atoms with Gasteiger partial charge in [0.2, 0.25) is 0 Å². The zero-order valence-electron chi connectivity index (χ0n) is 20.7. The average molecular weight is 615 g/mol. The Bertz CT molecular complexity index is 1520. The molecule has 3 aromatic carbocycles. The van der Waals surface area contributed by atoms with Crippen molar-refractivity contribution in [3.8, 4) is 11.5 Å². The molecule has 0 unspecified atom stereocenters. The third kappa shape index (κ3) is 6.10. The topological polar surface area (TPSA) is 128 Å². The van der Waals surface area contributed by atoms with Crippen LogP contribution in [0.5, 0.6) is 11.5 Å². The number of benzene rings is 3. The Balaban J connectivity index is 1.64. The molecule has 0 bridgehead atoms. The summed E-state index contributed by atoms with van der Waals surface area (Å²) in [4.78, 5) is 49.8. The summed E-state index contributed by atoms with van der Waals surface area (Å²) in [5, 5.41) is 13.2. The number of nitro benzene ring substituents is 1. The lowest BCUT2D eigenvalue weighted by atomic mass is 10.1. The first-order chi connectivity index (χ1) is 18.6. The van der Waals surface area contributed by atoms with Crippen molar-refractivity contribution in [2.24, 2.45) is 0 Å². The highest BCUT2D eigenvalue weighted by Crippen LogP contribution is 2.38. The monoisotopic (exact) mass is 613 g/mol. The Labute approximate surface area is 236 Å². The van der Waals surface area contributed by atoms with E-state index < -0.39 is 22.8 Å². The molecule has 12 heteroatoms. The molecule has 10 nitrogen and oxygen atoms in total. The highest BCUT2D eigenvalue weighted by molar-refractivity contribution is 9.10. The van der Waals surface area contributed by atoms with E-state index in [-0.39, 0.29) is 41.0 Å². The molecule has 200 valence electrons. The molecule has 1 saturated heterocycles. The molecule has 4 rings (SSSR count). The van der Waals surface area contributed by atoms with Gasteiger partial charge in [-0.2, -0.15) is 0 Å². The molecular formula is C27H21BrClN3O7. The van der Waals surface area contributed by atoms with Crippen molar-refractivity contribution in [2.45, 2.75) is 20.5 Å². The Morgan fingerprint density at radius 2 is 1.79 bits per heavy atom. The number of ether oxygens (including phenoxy) is 2. The van der Waals surface area contributed by atoms with E-state index in [0.717, 1.165) is 9.37 Å². The summed E-state index contributed by atoms with van der Waals surface area (Å²) in [7, 11) is 0. The van der Waals surface area contributed by atoms with Crippen molar-refractivity contribution < 1.29 is 28.8 Å². The summed E-state index contributed by atoms with van der Waals surface area (Å²) in [5.74, 6) is -1.15. The number of barbiturate groups is 1. The van der Waals surface area contributed by atoms with E-state index in [9.17, 15) is 24.5 Å². The van der Waals surface area contributed by atoms with Gasteiger partial charge in [0.05, 0.1) is 22.2 Å². The average Bonchev–Trinajstić information content (AvgIpc) is 2.87. The van der Waals surface area contributed by atoms with Gasteiger partial charge < -0.3 is 9.47 Å². The first kappa shape index (κ1) is 27.8. The van der Waals surface area contributed by atoms with Gasteiger partial charge in [-0.25, -0.2) is 9.69 Å². The van der Waals surface area contributed by atoms with Gasteiger partial charge in [0.25, 0.3) is 17.5 Å². The number of amides is 4. The summed E-state index contributed by atoms with van der Waals surface area (Å²) < 4.78 is 12.3. The minimum Gasteiger partial charge on any atom is -0.490 e. The van der Waals surface area contributed by atoms with Crippen LogP contribution >= 0.6 is 27.5 Å². The molecule has 0 radical (unpaired) electrons. The summed E-state index contributed by atoms with van der Waals surface area (Å²) in [6, 6.07) is 13.1. The van der Waals surface area contributed by atoms with Gasteiger partial charge in [-0.3, -0.25) is 25.0 Å². The van der Waals surface area contributed by atoms with Gasteiger partial charge in [0, 0.05) is 16.6 Å². The van der Waals surface area contributed by atoms with E-state index in [0.29, 0.717) is 22.4 Å². The zero-order valence-corrected chi connectivity index (χ0v) is 23.0. The van der Waals surface area contributed by atoms with Gasteiger partial charge >= 0.3 is 6.03 Å². The quantitative estimate of drug-likeness (QED) is 0.143. The van der Waals surface area contributed by atoms with Crippen molar-refractivity contribution in [3.05, 3.63) is 96.5 Å². The molecule has 3 aromatic rings. The summed E-state index contributed by atoms with van der Waals surface area (Å²) >= 11 is 9.85. The number of hydrogen-bond donors (Lipinski definition) is 1. The van der Waals surface area contributed by atoms with E-state index in [1.165, 1.54) is 24.3 Å². The predicted octanol–water partition coefficient (Wildman–Crippen LogP) is 5.96. The second-order valence-corrected chi connectivity index (χ2v) is 9.69. The van der Waals surface area contributed by atoms with Crippen LogP contribution in [0.1, 0.15) is 23.6 Å². The fraction of sp³-hybridized carbons (Fsp3) is 0.148. The number of aryl methyl sites for hydroxylation is 1. The minimum absolute atomic E-state index is 0.0407. The number of rotatable bonds is 8. The standard InChI is InChI=1S/C27H21BrClN3O7/c1-3-38-23-13-17(12-21(29)24(23)39-14-16-4-7-19(8-5-16)32(36)37)11-20-25(33)30-27(35)31(26(20)34)22-9-6-18(28)10-15(22)2/h4-13H,3,14H2,1-2H3,(H,30,33,35)/b20-11-. The minimum atomic E-state index is -0.851. The van der Waals surface area contributed by atoms with Crippen LogP contribution in [0.25, 0.3) is 6.08 Å². The maximum Gasteiger partial charge on any atom is 0.335 e. The number of hydrogen-bond acceptors (Lipinski definition) is 7. The van der Waals surface area contributed by atoms with Gasteiger partial charge in [0.1, 0.15) is 12.2 Å². The molecule has 1 heterocycles. The van der Waals surface area contributed by atoms with E-state index in [2.05, 4.69) is 21.2 Å². The third-order valence-corrected chi connectivity index (χ3v) is 6.45. The lowest BCUT2D eigenvalue weighted by Gasteiger charge is -2.27. The highest BCUT2D eigenvalue weighted by atomic mass is 79.9. The number of nitro groups is 1. The molecule has 0 spiro atoms. The Kier molecular flexibility index (Phi) is 8.32. The molecule has 0 atom stereocenters. The summed E-state index contributed by atoms with van der Waals surface area (Å²) in [6.07, 6.45) is 1.32. The smallest absolute Gasteiger partial charge is 0.335 e.